The first kappa shape index (κ1) is 29.1. The van der Waals surface area contributed by atoms with Crippen LogP contribution in [0.25, 0.3) is 11.1 Å². The number of hydrogen-bond donors (Lipinski definition) is 2. The lowest BCUT2D eigenvalue weighted by atomic mass is 9.98. The van der Waals surface area contributed by atoms with Crippen LogP contribution in [0.1, 0.15) is 104 Å². The highest BCUT2D eigenvalue weighted by atomic mass is 16.4. The molecule has 40 heavy (non-hydrogen) atoms. The van der Waals surface area contributed by atoms with Crippen LogP contribution in [0.4, 0.5) is 5.69 Å². The third-order valence-electron chi connectivity index (χ3n) is 7.90. The number of aliphatic carboxylic acids is 1. The monoisotopic (exact) mass is 540 g/mol. The molecule has 0 radical (unpaired) electrons. The topological polar surface area (TPSA) is 86.7 Å². The lowest BCUT2D eigenvalue weighted by molar-refractivity contribution is -0.143. The van der Waals surface area contributed by atoms with Gasteiger partial charge in [0.15, 0.2) is 0 Å². The molecule has 0 bridgehead atoms. The molecule has 0 aromatic heterocycles. The van der Waals surface area contributed by atoms with E-state index in [0.717, 1.165) is 23.1 Å². The van der Waals surface area contributed by atoms with E-state index in [0.29, 0.717) is 23.2 Å². The Kier molecular flexibility index (Phi) is 9.75. The second-order valence-corrected chi connectivity index (χ2v) is 10.7. The van der Waals surface area contributed by atoms with E-state index in [1.165, 1.54) is 49.0 Å². The van der Waals surface area contributed by atoms with Gasteiger partial charge in [-0.2, -0.15) is 0 Å². The summed E-state index contributed by atoms with van der Waals surface area (Å²) in [7, 11) is 0. The van der Waals surface area contributed by atoms with Gasteiger partial charge in [0.2, 0.25) is 0 Å². The maximum absolute atomic E-state index is 13.1. The van der Waals surface area contributed by atoms with Crippen molar-refractivity contribution in [2.45, 2.75) is 84.2 Å². The fraction of sp³-hybridized carbons (Fsp3) is 0.382. The summed E-state index contributed by atoms with van der Waals surface area (Å²) in [6.45, 7) is 5.88. The van der Waals surface area contributed by atoms with Gasteiger partial charge in [0.1, 0.15) is 6.04 Å². The number of nitrogens with one attached hydrogen (secondary N) is 1. The molecular weight excluding hydrogens is 500 g/mol. The molecule has 2 amide bonds. The zero-order valence-corrected chi connectivity index (χ0v) is 23.8. The van der Waals surface area contributed by atoms with E-state index >= 15 is 0 Å². The minimum absolute atomic E-state index is 0.153. The number of anilines is 1. The summed E-state index contributed by atoms with van der Waals surface area (Å²) < 4.78 is 0. The normalized spacial score (nSPS) is 15.1. The molecule has 0 spiro atoms. The zero-order chi connectivity index (χ0) is 28.6. The summed E-state index contributed by atoms with van der Waals surface area (Å²) in [6, 6.07) is 19.9. The summed E-state index contributed by atoms with van der Waals surface area (Å²) in [4.78, 5) is 39.1. The molecule has 2 unspecified atom stereocenters. The van der Waals surface area contributed by atoms with E-state index in [9.17, 15) is 19.5 Å². The number of hydrogen-bond acceptors (Lipinski definition) is 3. The van der Waals surface area contributed by atoms with Gasteiger partial charge in [-0.1, -0.05) is 82.3 Å². The van der Waals surface area contributed by atoms with E-state index < -0.39 is 12.0 Å². The summed E-state index contributed by atoms with van der Waals surface area (Å²) in [5.41, 5.74) is 5.73. The molecule has 0 aliphatic carbocycles. The van der Waals surface area contributed by atoms with Gasteiger partial charge in [0.25, 0.3) is 11.8 Å². The first-order chi connectivity index (χ1) is 19.3. The Labute approximate surface area is 237 Å². The summed E-state index contributed by atoms with van der Waals surface area (Å²) in [5.74, 6) is -1.39. The lowest BCUT2D eigenvalue weighted by Crippen LogP contribution is -2.42. The van der Waals surface area contributed by atoms with Crippen molar-refractivity contribution in [2.24, 2.45) is 0 Å². The molecule has 6 nitrogen and oxygen atoms in total. The fourth-order valence-corrected chi connectivity index (χ4v) is 5.53. The van der Waals surface area contributed by atoms with E-state index in [2.05, 4.69) is 12.2 Å². The molecule has 1 heterocycles. The Morgan fingerprint density at radius 1 is 0.875 bits per heavy atom. The predicted molar refractivity (Wildman–Crippen MR) is 160 cm³/mol. The van der Waals surface area contributed by atoms with E-state index in [1.807, 2.05) is 73.7 Å². The van der Waals surface area contributed by atoms with Gasteiger partial charge in [0, 0.05) is 16.8 Å². The van der Waals surface area contributed by atoms with Crippen LogP contribution in [0.2, 0.25) is 0 Å². The number of amides is 2. The Morgan fingerprint density at radius 2 is 1.52 bits per heavy atom. The molecule has 3 aromatic carbocycles. The van der Waals surface area contributed by atoms with E-state index in [-0.39, 0.29) is 17.9 Å². The van der Waals surface area contributed by atoms with Crippen molar-refractivity contribution in [3.05, 3.63) is 89.0 Å². The third kappa shape index (κ3) is 6.61. The van der Waals surface area contributed by atoms with Gasteiger partial charge in [-0.3, -0.25) is 9.59 Å². The molecule has 0 saturated heterocycles. The average Bonchev–Trinajstić information content (AvgIpc) is 3.20. The molecule has 1 aliphatic heterocycles. The summed E-state index contributed by atoms with van der Waals surface area (Å²) >= 11 is 0. The maximum Gasteiger partial charge on any atom is 0.326 e. The highest BCUT2D eigenvalue weighted by Gasteiger charge is 2.40. The van der Waals surface area contributed by atoms with E-state index in [4.69, 9.17) is 0 Å². The van der Waals surface area contributed by atoms with Crippen LogP contribution in [-0.2, 0) is 11.2 Å². The minimum Gasteiger partial charge on any atom is -0.480 e. The van der Waals surface area contributed by atoms with Crippen LogP contribution in [-0.4, -0.2) is 33.8 Å². The van der Waals surface area contributed by atoms with Crippen molar-refractivity contribution < 1.29 is 19.5 Å². The molecule has 6 heteroatoms. The number of aryl methyl sites for hydroxylation is 1. The largest absolute Gasteiger partial charge is 0.480 e. The number of carboxylic acids is 1. The van der Waals surface area contributed by atoms with Crippen LogP contribution in [0.3, 0.4) is 0 Å². The summed E-state index contributed by atoms with van der Waals surface area (Å²) in [5, 5.41) is 12.6. The first-order valence-electron chi connectivity index (χ1n) is 14.5. The highest BCUT2D eigenvalue weighted by Crippen LogP contribution is 2.38. The quantitative estimate of drug-likeness (QED) is 0.216. The minimum atomic E-state index is -0.988. The number of carbonyl (C=O) groups is 3. The summed E-state index contributed by atoms with van der Waals surface area (Å²) in [6.07, 6.45) is 9.01. The van der Waals surface area contributed by atoms with Gasteiger partial charge in [-0.25, -0.2) is 4.79 Å². The van der Waals surface area contributed by atoms with Crippen molar-refractivity contribution in [3.8, 4) is 11.1 Å². The van der Waals surface area contributed by atoms with Gasteiger partial charge in [0.05, 0.1) is 6.04 Å². The zero-order valence-electron chi connectivity index (χ0n) is 23.8. The Hall–Kier alpha value is -3.93. The second kappa shape index (κ2) is 13.4. The molecule has 2 atom stereocenters. The number of benzene rings is 3. The average molecular weight is 541 g/mol. The molecule has 210 valence electrons. The third-order valence-corrected chi connectivity index (χ3v) is 7.90. The number of fused-ring (bicyclic) bond motifs is 1. The van der Waals surface area contributed by atoms with Crippen molar-refractivity contribution in [1.82, 2.24) is 4.90 Å². The number of nitrogens with zero attached hydrogens (tertiary/aromatic N) is 1. The molecule has 1 aliphatic rings. The Balaban J connectivity index is 1.36. The second-order valence-electron chi connectivity index (χ2n) is 10.7. The number of carboxylic acid groups (broad SMARTS) is 1. The first-order valence-corrected chi connectivity index (χ1v) is 14.5. The van der Waals surface area contributed by atoms with Crippen molar-refractivity contribution in [3.63, 3.8) is 0 Å². The molecule has 4 rings (SSSR count). The van der Waals surface area contributed by atoms with Crippen molar-refractivity contribution in [2.75, 3.05) is 5.32 Å². The van der Waals surface area contributed by atoms with Crippen LogP contribution in [0, 0.1) is 0 Å². The molecule has 2 N–H and O–H groups in total. The van der Waals surface area contributed by atoms with Crippen molar-refractivity contribution in [1.29, 1.82) is 0 Å². The van der Waals surface area contributed by atoms with E-state index in [1.54, 1.807) is 6.92 Å². The van der Waals surface area contributed by atoms with Crippen LogP contribution in [0.5, 0.6) is 0 Å². The van der Waals surface area contributed by atoms with Crippen LogP contribution >= 0.6 is 0 Å². The standard InChI is InChI=1S/C34H40N2O4/c1-4-6-7-8-9-10-11-24-12-14-26(15-13-24)32(37)35-28-19-16-25(17-20-28)27-18-21-29-23(3)36(31(5-2)34(39)40)33(38)30(29)22-27/h12-23,31H,4-11H2,1-3H3,(H,35,37)(H,39,40). The Bertz CT molecular complexity index is 1330. The van der Waals surface area contributed by atoms with Crippen molar-refractivity contribution >= 4 is 23.5 Å². The fourth-order valence-electron chi connectivity index (χ4n) is 5.53. The van der Waals surface area contributed by atoms with Gasteiger partial charge >= 0.3 is 5.97 Å². The predicted octanol–water partition coefficient (Wildman–Crippen LogP) is 7.89. The van der Waals surface area contributed by atoms with Gasteiger partial charge < -0.3 is 15.3 Å². The molecular formula is C34H40N2O4. The SMILES string of the molecule is CCCCCCCCc1ccc(C(=O)Nc2ccc(-c3ccc4c(c3)C(=O)N(C(CC)C(=O)O)C4C)cc2)cc1. The number of carbonyl (C=O) groups excluding carboxylic acids is 2. The number of unbranched alkanes of at least 4 members (excludes halogenated alkanes) is 5. The molecule has 3 aromatic rings. The molecule has 0 saturated carbocycles. The Morgan fingerprint density at radius 3 is 2.17 bits per heavy atom. The van der Waals surface area contributed by atoms with Gasteiger partial charge in [-0.05, 0) is 78.8 Å². The van der Waals surface area contributed by atoms with Crippen LogP contribution < -0.4 is 5.32 Å². The van der Waals surface area contributed by atoms with Crippen LogP contribution in [0.15, 0.2) is 66.7 Å². The highest BCUT2D eigenvalue weighted by molar-refractivity contribution is 6.04. The maximum atomic E-state index is 13.1. The smallest absolute Gasteiger partial charge is 0.326 e. The lowest BCUT2D eigenvalue weighted by Gasteiger charge is -2.28. The molecule has 0 fully saturated rings. The number of rotatable bonds is 13. The van der Waals surface area contributed by atoms with Gasteiger partial charge in [-0.15, -0.1) is 0 Å².